The van der Waals surface area contributed by atoms with Gasteiger partial charge < -0.3 is 0 Å². The summed E-state index contributed by atoms with van der Waals surface area (Å²) in [6, 6.07) is 0. The summed E-state index contributed by atoms with van der Waals surface area (Å²) in [4.78, 5) is 0. The second kappa shape index (κ2) is 0.955. The quantitative estimate of drug-likeness (QED) is 0.355. The van der Waals surface area contributed by atoms with E-state index >= 15 is 0 Å². The molecule has 0 amide bonds. The van der Waals surface area contributed by atoms with E-state index in [2.05, 4.69) is 0 Å². The molecule has 1 saturated heterocycles. The van der Waals surface area contributed by atoms with Gasteiger partial charge in [-0.05, 0) is 0 Å². The lowest BCUT2D eigenvalue weighted by Gasteiger charge is -1.76. The van der Waals surface area contributed by atoms with Crippen molar-refractivity contribution < 1.29 is 0 Å². The van der Waals surface area contributed by atoms with E-state index in [4.69, 9.17) is 23.2 Å². The minimum Gasteiger partial charge on any atom is -0.118 e. The van der Waals surface area contributed by atoms with Gasteiger partial charge in [0.05, 0.1) is 0 Å². The van der Waals surface area contributed by atoms with Crippen molar-refractivity contribution in [3.63, 3.8) is 0 Å². The van der Waals surface area contributed by atoms with Gasteiger partial charge in [0.15, 0.2) is 3.67 Å². The first-order valence-electron chi connectivity index (χ1n) is 1.22. The molecule has 0 radical (unpaired) electrons. The fraction of sp³-hybridized carbons (Fsp3) is 1.00. The highest BCUT2D eigenvalue weighted by Gasteiger charge is 2.39. The maximum absolute atomic E-state index is 5.37. The molecule has 1 rings (SSSR count). The Bertz CT molecular complexity index is 45.6. The molecule has 0 nitrogen and oxygen atoms in total. The van der Waals surface area contributed by atoms with Gasteiger partial charge in [0.25, 0.3) is 0 Å². The molecular weight excluding hydrogens is 127 g/mol. The maximum atomic E-state index is 5.37. The van der Waals surface area contributed by atoms with Crippen LogP contribution in [0, 0.1) is 0 Å². The van der Waals surface area contributed by atoms with Crippen LogP contribution in [0.2, 0.25) is 0 Å². The monoisotopic (exact) mass is 128 g/mol. The Labute approximate surface area is 44.8 Å². The average molecular weight is 129 g/mol. The summed E-state index contributed by atoms with van der Waals surface area (Å²) in [7, 11) is 0. The number of hydrogen-bond acceptors (Lipinski definition) is 1. The molecule has 0 aromatic carbocycles. The summed E-state index contributed by atoms with van der Waals surface area (Å²) in [6.07, 6.45) is 0. The lowest BCUT2D eigenvalue weighted by atomic mass is 11.0. The molecule has 1 heterocycles. The first kappa shape index (κ1) is 4.10. The SMILES string of the molecule is ClC1(Cl)CS1. The zero-order valence-electron chi connectivity index (χ0n) is 2.37. The molecule has 0 aliphatic carbocycles. The number of rotatable bonds is 0. The predicted octanol–water partition coefficient (Wildman–Crippen LogP) is 1.86. The number of hydrogen-bond donors (Lipinski definition) is 0. The highest BCUT2D eigenvalue weighted by Crippen LogP contribution is 2.51. The molecule has 0 spiro atoms. The van der Waals surface area contributed by atoms with E-state index in [9.17, 15) is 0 Å². The van der Waals surface area contributed by atoms with E-state index in [1.165, 1.54) is 0 Å². The van der Waals surface area contributed by atoms with Gasteiger partial charge in [0, 0.05) is 5.75 Å². The van der Waals surface area contributed by atoms with Gasteiger partial charge in [-0.1, -0.05) is 23.2 Å². The maximum Gasteiger partial charge on any atom is 0.172 e. The molecule has 1 aliphatic rings. The summed E-state index contributed by atoms with van der Waals surface area (Å²) in [5.41, 5.74) is 0. The van der Waals surface area contributed by atoms with Crippen LogP contribution in [0.25, 0.3) is 0 Å². The molecule has 30 valence electrons. The summed E-state index contributed by atoms with van der Waals surface area (Å²) >= 11 is 12.3. The molecule has 1 fully saturated rings. The van der Waals surface area contributed by atoms with Gasteiger partial charge in [0.1, 0.15) is 0 Å². The minimum atomic E-state index is -0.389. The number of halogens is 2. The van der Waals surface area contributed by atoms with E-state index < -0.39 is 0 Å². The van der Waals surface area contributed by atoms with Crippen LogP contribution in [-0.4, -0.2) is 9.42 Å². The molecule has 0 N–H and O–H groups in total. The zero-order chi connectivity index (χ0) is 3.91. The fourth-order valence-electron chi connectivity index (χ4n) is 0.0546. The molecular formula is C2H2Cl2S. The zero-order valence-corrected chi connectivity index (χ0v) is 4.70. The first-order chi connectivity index (χ1) is 2.21. The number of alkyl halides is 2. The molecule has 3 heteroatoms. The fourth-order valence-corrected chi connectivity index (χ4v) is 0.491. The second-order valence-electron chi connectivity index (χ2n) is 0.926. The molecule has 0 bridgehead atoms. The third-order valence-electron chi connectivity index (χ3n) is 0.363. The third kappa shape index (κ3) is 1.20. The van der Waals surface area contributed by atoms with Crippen molar-refractivity contribution in [2.45, 2.75) is 3.67 Å². The average Bonchev–Trinajstić information content (AvgIpc) is 1.76. The third-order valence-corrected chi connectivity index (χ3v) is 2.40. The molecule has 5 heavy (non-hydrogen) atoms. The van der Waals surface area contributed by atoms with Crippen LogP contribution in [0.15, 0.2) is 0 Å². The van der Waals surface area contributed by atoms with Crippen molar-refractivity contribution in [3.05, 3.63) is 0 Å². The van der Waals surface area contributed by atoms with Crippen LogP contribution < -0.4 is 0 Å². The van der Waals surface area contributed by atoms with Gasteiger partial charge in [-0.15, -0.1) is 11.8 Å². The Hall–Kier alpha value is 0.930. The minimum absolute atomic E-state index is 0.389. The lowest BCUT2D eigenvalue weighted by Crippen LogP contribution is -1.74. The highest BCUT2D eigenvalue weighted by atomic mass is 35.5. The van der Waals surface area contributed by atoms with Crippen LogP contribution in [0.1, 0.15) is 0 Å². The smallest absolute Gasteiger partial charge is 0.118 e. The van der Waals surface area contributed by atoms with E-state index in [0.717, 1.165) is 5.75 Å². The van der Waals surface area contributed by atoms with Crippen LogP contribution in [0.5, 0.6) is 0 Å². The summed E-state index contributed by atoms with van der Waals surface area (Å²) in [6.45, 7) is 0. The Balaban J connectivity index is 2.38. The van der Waals surface area contributed by atoms with Crippen molar-refractivity contribution in [2.24, 2.45) is 0 Å². The molecule has 0 aromatic heterocycles. The molecule has 0 saturated carbocycles. The number of thioether (sulfide) groups is 1. The summed E-state index contributed by atoms with van der Waals surface area (Å²) in [5.74, 6) is 0.899. The standard InChI is InChI=1S/C2H2Cl2S/c3-2(4)1-5-2/h1H2. The van der Waals surface area contributed by atoms with Gasteiger partial charge in [-0.25, -0.2) is 0 Å². The molecule has 0 unspecified atom stereocenters. The van der Waals surface area contributed by atoms with Crippen molar-refractivity contribution >= 4 is 35.0 Å². The van der Waals surface area contributed by atoms with E-state index in [1.54, 1.807) is 11.8 Å². The van der Waals surface area contributed by atoms with Crippen molar-refractivity contribution in [2.75, 3.05) is 5.75 Å². The van der Waals surface area contributed by atoms with Crippen LogP contribution in [0.4, 0.5) is 0 Å². The second-order valence-corrected chi connectivity index (χ2v) is 4.13. The Morgan fingerprint density at radius 2 is 1.80 bits per heavy atom. The topological polar surface area (TPSA) is 0 Å². The van der Waals surface area contributed by atoms with E-state index in [1.807, 2.05) is 0 Å². The first-order valence-corrected chi connectivity index (χ1v) is 2.97. The molecule has 0 aromatic rings. The predicted molar refractivity (Wildman–Crippen MR) is 26.9 cm³/mol. The Morgan fingerprint density at radius 1 is 1.60 bits per heavy atom. The summed E-state index contributed by atoms with van der Waals surface area (Å²) in [5, 5.41) is 0. The van der Waals surface area contributed by atoms with Gasteiger partial charge in [0.2, 0.25) is 0 Å². The van der Waals surface area contributed by atoms with Crippen LogP contribution >= 0.6 is 35.0 Å². The van der Waals surface area contributed by atoms with Crippen molar-refractivity contribution in [1.82, 2.24) is 0 Å². The van der Waals surface area contributed by atoms with Gasteiger partial charge in [-0.3, -0.25) is 0 Å². The molecule has 1 aliphatic heterocycles. The van der Waals surface area contributed by atoms with E-state index in [0.29, 0.717) is 0 Å². The Morgan fingerprint density at radius 3 is 1.80 bits per heavy atom. The van der Waals surface area contributed by atoms with Crippen LogP contribution in [0.3, 0.4) is 0 Å². The van der Waals surface area contributed by atoms with Gasteiger partial charge >= 0.3 is 0 Å². The van der Waals surface area contributed by atoms with Crippen LogP contribution in [-0.2, 0) is 0 Å². The summed E-state index contributed by atoms with van der Waals surface area (Å²) < 4.78 is -0.389. The van der Waals surface area contributed by atoms with Gasteiger partial charge in [-0.2, -0.15) is 0 Å². The van der Waals surface area contributed by atoms with Crippen molar-refractivity contribution in [3.8, 4) is 0 Å². The largest absolute Gasteiger partial charge is 0.172 e. The lowest BCUT2D eigenvalue weighted by molar-refractivity contribution is 1.48. The normalized spacial score (nSPS) is 30.0. The highest BCUT2D eigenvalue weighted by molar-refractivity contribution is 8.11. The Kier molecular flexibility index (Phi) is 0.783. The van der Waals surface area contributed by atoms with Crippen molar-refractivity contribution in [1.29, 1.82) is 0 Å². The molecule has 0 atom stereocenters. The van der Waals surface area contributed by atoms with E-state index in [-0.39, 0.29) is 3.67 Å².